The molecule has 2 aliphatic rings. The van der Waals surface area contributed by atoms with E-state index in [-0.39, 0.29) is 18.3 Å². The highest BCUT2D eigenvalue weighted by Gasteiger charge is 2.38. The Kier molecular flexibility index (Phi) is 4.78. The third kappa shape index (κ3) is 2.87. The first-order chi connectivity index (χ1) is 11.3. The fourth-order valence-electron chi connectivity index (χ4n) is 3.62. The number of aromatic amines is 1. The lowest BCUT2D eigenvalue weighted by Crippen LogP contribution is -2.31. The summed E-state index contributed by atoms with van der Waals surface area (Å²) < 4.78 is 5.18. The van der Waals surface area contributed by atoms with Gasteiger partial charge in [-0.2, -0.15) is 5.10 Å². The van der Waals surface area contributed by atoms with E-state index >= 15 is 0 Å². The Morgan fingerprint density at radius 1 is 1.21 bits per heavy atom. The number of rotatable bonds is 3. The number of hydrogen-bond acceptors (Lipinski definition) is 4. The van der Waals surface area contributed by atoms with Crippen LogP contribution in [0.3, 0.4) is 0 Å². The van der Waals surface area contributed by atoms with Crippen molar-refractivity contribution in [3.05, 3.63) is 36.0 Å². The number of likely N-dealkylation sites (tertiary alicyclic amines) is 1. The molecule has 0 radical (unpaired) electrons. The maximum atomic E-state index is 12.9. The first-order valence-electron chi connectivity index (χ1n) is 7.94. The molecule has 1 aromatic heterocycles. The van der Waals surface area contributed by atoms with Crippen molar-refractivity contribution in [2.45, 2.75) is 0 Å². The number of methoxy groups -OCH3 is 1. The maximum Gasteiger partial charge on any atom is 0.257 e. The van der Waals surface area contributed by atoms with Gasteiger partial charge in [-0.25, -0.2) is 0 Å². The maximum absolute atomic E-state index is 12.9. The van der Waals surface area contributed by atoms with Gasteiger partial charge in [0.1, 0.15) is 5.75 Å². The van der Waals surface area contributed by atoms with E-state index in [1.54, 1.807) is 13.3 Å². The molecule has 2 N–H and O–H groups in total. The molecule has 2 atom stereocenters. The zero-order valence-electron chi connectivity index (χ0n) is 13.5. The summed E-state index contributed by atoms with van der Waals surface area (Å²) >= 11 is 0. The number of H-pyrrole nitrogens is 1. The minimum absolute atomic E-state index is 0. The highest BCUT2D eigenvalue weighted by Crippen LogP contribution is 2.30. The van der Waals surface area contributed by atoms with Crippen molar-refractivity contribution in [3.8, 4) is 17.0 Å². The van der Waals surface area contributed by atoms with Crippen molar-refractivity contribution in [1.29, 1.82) is 0 Å². The SMILES string of the molecule is COc1ccc(-c2[nH]ncc2C(=O)N2C[C@H]3CNC[C@H]3C2)cc1.Cl. The second-order valence-electron chi connectivity index (χ2n) is 6.28. The minimum Gasteiger partial charge on any atom is -0.497 e. The van der Waals surface area contributed by atoms with Crippen LogP contribution in [0.25, 0.3) is 11.3 Å². The number of fused-ring (bicyclic) bond motifs is 1. The lowest BCUT2D eigenvalue weighted by molar-refractivity contribution is 0.0782. The first kappa shape index (κ1) is 16.8. The van der Waals surface area contributed by atoms with E-state index in [2.05, 4.69) is 15.5 Å². The predicted molar refractivity (Wildman–Crippen MR) is 93.6 cm³/mol. The molecule has 2 aromatic rings. The van der Waals surface area contributed by atoms with Gasteiger partial charge in [0.15, 0.2) is 0 Å². The van der Waals surface area contributed by atoms with Gasteiger partial charge in [0, 0.05) is 31.7 Å². The van der Waals surface area contributed by atoms with Gasteiger partial charge < -0.3 is 15.0 Å². The summed E-state index contributed by atoms with van der Waals surface area (Å²) in [7, 11) is 1.64. The van der Waals surface area contributed by atoms with Gasteiger partial charge in [0.25, 0.3) is 5.91 Å². The van der Waals surface area contributed by atoms with Crippen molar-refractivity contribution in [2.75, 3.05) is 33.3 Å². The number of halogens is 1. The summed E-state index contributed by atoms with van der Waals surface area (Å²) in [6.45, 7) is 3.71. The second kappa shape index (κ2) is 6.83. The number of aromatic nitrogens is 2. The summed E-state index contributed by atoms with van der Waals surface area (Å²) in [6, 6.07) is 7.64. The van der Waals surface area contributed by atoms with Crippen molar-refractivity contribution >= 4 is 18.3 Å². The van der Waals surface area contributed by atoms with Crippen molar-refractivity contribution < 1.29 is 9.53 Å². The van der Waals surface area contributed by atoms with Gasteiger partial charge in [0.05, 0.1) is 24.6 Å². The third-order valence-electron chi connectivity index (χ3n) is 4.93. The molecule has 0 spiro atoms. The van der Waals surface area contributed by atoms with Crippen molar-refractivity contribution in [2.24, 2.45) is 11.8 Å². The van der Waals surface area contributed by atoms with Crippen LogP contribution in [0.15, 0.2) is 30.5 Å². The number of ether oxygens (including phenoxy) is 1. The number of carbonyl (C=O) groups is 1. The summed E-state index contributed by atoms with van der Waals surface area (Å²) in [5, 5.41) is 10.5. The molecule has 1 amide bonds. The van der Waals surface area contributed by atoms with Gasteiger partial charge in [-0.3, -0.25) is 9.89 Å². The van der Waals surface area contributed by atoms with Crippen molar-refractivity contribution in [1.82, 2.24) is 20.4 Å². The molecule has 3 heterocycles. The van der Waals surface area contributed by atoms with Crippen LogP contribution >= 0.6 is 12.4 Å². The van der Waals surface area contributed by atoms with Crippen LogP contribution in [0.5, 0.6) is 5.75 Å². The molecule has 128 valence electrons. The zero-order chi connectivity index (χ0) is 15.8. The molecule has 1 aromatic carbocycles. The Morgan fingerprint density at radius 2 is 1.88 bits per heavy atom. The predicted octanol–water partition coefficient (Wildman–Crippen LogP) is 1.80. The molecule has 4 rings (SSSR count). The number of hydrogen-bond donors (Lipinski definition) is 2. The fraction of sp³-hybridized carbons (Fsp3) is 0.412. The van der Waals surface area contributed by atoms with Crippen molar-refractivity contribution in [3.63, 3.8) is 0 Å². The van der Waals surface area contributed by atoms with E-state index in [1.165, 1.54) is 0 Å². The van der Waals surface area contributed by atoms with E-state index in [0.29, 0.717) is 17.4 Å². The molecule has 7 heteroatoms. The van der Waals surface area contributed by atoms with Crippen LogP contribution in [-0.4, -0.2) is 54.3 Å². The first-order valence-corrected chi connectivity index (χ1v) is 7.94. The Morgan fingerprint density at radius 3 is 2.50 bits per heavy atom. The molecule has 0 saturated carbocycles. The number of nitrogens with one attached hydrogen (secondary N) is 2. The molecular formula is C17H21ClN4O2. The highest BCUT2D eigenvalue weighted by molar-refractivity contribution is 6.00. The molecule has 0 bridgehead atoms. The van der Waals surface area contributed by atoms with E-state index in [4.69, 9.17) is 4.74 Å². The minimum atomic E-state index is 0. The second-order valence-corrected chi connectivity index (χ2v) is 6.28. The Labute approximate surface area is 147 Å². The quantitative estimate of drug-likeness (QED) is 0.887. The number of amides is 1. The van der Waals surface area contributed by atoms with E-state index in [1.807, 2.05) is 29.2 Å². The monoisotopic (exact) mass is 348 g/mol. The molecule has 0 aliphatic carbocycles. The summed E-state index contributed by atoms with van der Waals surface area (Å²) in [4.78, 5) is 14.8. The Bertz CT molecular complexity index is 704. The van der Waals surface area contributed by atoms with E-state index in [9.17, 15) is 4.79 Å². The summed E-state index contributed by atoms with van der Waals surface area (Å²) in [6.07, 6.45) is 1.63. The number of nitrogens with zero attached hydrogens (tertiary/aromatic N) is 2. The molecule has 6 nitrogen and oxygen atoms in total. The third-order valence-corrected chi connectivity index (χ3v) is 4.93. The standard InChI is InChI=1S/C17H20N4O2.ClH/c1-23-14-4-2-11(3-5-14)16-15(8-19-20-16)17(22)21-9-12-6-18-7-13(12)10-21;/h2-5,8,12-13,18H,6-7,9-10H2,1H3,(H,19,20);1H/t12-,13+;. The Balaban J connectivity index is 0.00000169. The van der Waals surface area contributed by atoms with Gasteiger partial charge in [-0.15, -0.1) is 12.4 Å². The molecule has 24 heavy (non-hydrogen) atoms. The largest absolute Gasteiger partial charge is 0.497 e. The molecule has 2 fully saturated rings. The lowest BCUT2D eigenvalue weighted by Gasteiger charge is -2.17. The number of benzene rings is 1. The van der Waals surface area contributed by atoms with Gasteiger partial charge in [-0.05, 0) is 36.1 Å². The van der Waals surface area contributed by atoms with Crippen LogP contribution in [0, 0.1) is 11.8 Å². The zero-order valence-corrected chi connectivity index (χ0v) is 14.3. The van der Waals surface area contributed by atoms with Crippen LogP contribution in [0.2, 0.25) is 0 Å². The normalized spacial score (nSPS) is 22.1. The molecular weight excluding hydrogens is 328 g/mol. The highest BCUT2D eigenvalue weighted by atomic mass is 35.5. The molecule has 2 aliphatic heterocycles. The van der Waals surface area contributed by atoms with Crippen LogP contribution in [0.4, 0.5) is 0 Å². The number of carbonyl (C=O) groups excluding carboxylic acids is 1. The summed E-state index contributed by atoms with van der Waals surface area (Å²) in [5.74, 6) is 2.05. The van der Waals surface area contributed by atoms with Crippen LogP contribution < -0.4 is 10.1 Å². The summed E-state index contributed by atoms with van der Waals surface area (Å²) in [5.41, 5.74) is 2.35. The van der Waals surface area contributed by atoms with E-state index < -0.39 is 0 Å². The average molecular weight is 349 g/mol. The smallest absolute Gasteiger partial charge is 0.257 e. The topological polar surface area (TPSA) is 70.2 Å². The van der Waals surface area contributed by atoms with Gasteiger partial charge in [-0.1, -0.05) is 0 Å². The van der Waals surface area contributed by atoms with Crippen LogP contribution in [0.1, 0.15) is 10.4 Å². The molecule has 2 saturated heterocycles. The van der Waals surface area contributed by atoms with E-state index in [0.717, 1.165) is 43.2 Å². The average Bonchev–Trinajstić information content (AvgIpc) is 3.29. The fourth-order valence-corrected chi connectivity index (χ4v) is 3.62. The molecule has 0 unspecified atom stereocenters. The van der Waals surface area contributed by atoms with Gasteiger partial charge >= 0.3 is 0 Å². The lowest BCUT2D eigenvalue weighted by atomic mass is 10.0. The Hall–Kier alpha value is -2.05. The van der Waals surface area contributed by atoms with Crippen LogP contribution in [-0.2, 0) is 0 Å². The van der Waals surface area contributed by atoms with Gasteiger partial charge in [0.2, 0.25) is 0 Å².